The zero-order chi connectivity index (χ0) is 14.4. The van der Waals surface area contributed by atoms with Crippen molar-refractivity contribution in [3.05, 3.63) is 0 Å². The summed E-state index contributed by atoms with van der Waals surface area (Å²) in [5, 5.41) is 11.8. The van der Waals surface area contributed by atoms with Crippen molar-refractivity contribution in [2.75, 3.05) is 0 Å². The van der Waals surface area contributed by atoms with Crippen molar-refractivity contribution in [2.45, 2.75) is 64.5 Å². The third-order valence-corrected chi connectivity index (χ3v) is 3.93. The fourth-order valence-electron chi connectivity index (χ4n) is 2.55. The first-order valence-electron chi connectivity index (χ1n) is 7.20. The summed E-state index contributed by atoms with van der Waals surface area (Å²) in [5.74, 6) is -0.914. The van der Waals surface area contributed by atoms with Gasteiger partial charge in [0.1, 0.15) is 6.04 Å². The molecular weight excluding hydrogens is 244 g/mol. The van der Waals surface area contributed by atoms with Crippen LogP contribution in [-0.4, -0.2) is 29.1 Å². The molecule has 0 radical (unpaired) electrons. The molecule has 1 saturated carbocycles. The highest BCUT2D eigenvalue weighted by Crippen LogP contribution is 2.27. The van der Waals surface area contributed by atoms with E-state index >= 15 is 0 Å². The summed E-state index contributed by atoms with van der Waals surface area (Å²) in [5.41, 5.74) is 5.74. The van der Waals surface area contributed by atoms with Gasteiger partial charge >= 0.3 is 5.97 Å². The number of carboxylic acid groups (broad SMARTS) is 1. The summed E-state index contributed by atoms with van der Waals surface area (Å²) in [4.78, 5) is 23.1. The molecule has 0 heterocycles. The van der Waals surface area contributed by atoms with Crippen molar-refractivity contribution < 1.29 is 14.7 Å². The summed E-state index contributed by atoms with van der Waals surface area (Å²) in [6.07, 6.45) is 6.21. The van der Waals surface area contributed by atoms with Crippen LogP contribution in [0.5, 0.6) is 0 Å². The van der Waals surface area contributed by atoms with E-state index < -0.39 is 18.1 Å². The van der Waals surface area contributed by atoms with E-state index in [4.69, 9.17) is 5.73 Å². The number of carboxylic acids is 1. The fourth-order valence-corrected chi connectivity index (χ4v) is 2.55. The van der Waals surface area contributed by atoms with Gasteiger partial charge in [0.15, 0.2) is 0 Å². The molecule has 5 heteroatoms. The van der Waals surface area contributed by atoms with E-state index in [9.17, 15) is 14.7 Å². The van der Waals surface area contributed by atoms with Crippen LogP contribution < -0.4 is 11.1 Å². The van der Waals surface area contributed by atoms with Gasteiger partial charge in [0, 0.05) is 0 Å². The molecule has 19 heavy (non-hydrogen) atoms. The second-order valence-corrected chi connectivity index (χ2v) is 5.91. The maximum Gasteiger partial charge on any atom is 0.326 e. The third-order valence-electron chi connectivity index (χ3n) is 3.93. The van der Waals surface area contributed by atoms with Gasteiger partial charge in [0.05, 0.1) is 6.04 Å². The minimum atomic E-state index is -0.963. The standard InChI is InChI=1S/C14H26N2O3/c1-9(2)12(15)13(17)16-11(14(18)19)8-10-6-4-3-5-7-10/h9-12H,3-8,15H2,1-2H3,(H,16,17)(H,18,19)/t11-,12-/m0/s1. The minimum absolute atomic E-state index is 0.00382. The average Bonchev–Trinajstić information content (AvgIpc) is 2.37. The highest BCUT2D eigenvalue weighted by Gasteiger charge is 2.27. The van der Waals surface area contributed by atoms with Gasteiger partial charge < -0.3 is 16.2 Å². The Balaban J connectivity index is 2.52. The average molecular weight is 270 g/mol. The Kier molecular flexibility index (Phi) is 6.28. The van der Waals surface area contributed by atoms with E-state index in [2.05, 4.69) is 5.32 Å². The van der Waals surface area contributed by atoms with Crippen LogP contribution >= 0.6 is 0 Å². The number of carbonyl (C=O) groups is 2. The first kappa shape index (κ1) is 16.0. The van der Waals surface area contributed by atoms with Crippen molar-refractivity contribution >= 4 is 11.9 Å². The summed E-state index contributed by atoms with van der Waals surface area (Å²) >= 11 is 0. The van der Waals surface area contributed by atoms with Crippen LogP contribution in [0.25, 0.3) is 0 Å². The molecule has 0 unspecified atom stereocenters. The highest BCUT2D eigenvalue weighted by atomic mass is 16.4. The molecule has 0 aromatic rings. The molecule has 1 aliphatic rings. The number of amides is 1. The smallest absolute Gasteiger partial charge is 0.326 e. The predicted octanol–water partition coefficient (Wildman–Crippen LogP) is 1.51. The molecule has 0 aliphatic heterocycles. The molecule has 4 N–H and O–H groups in total. The zero-order valence-electron chi connectivity index (χ0n) is 11.9. The molecule has 1 aliphatic carbocycles. The van der Waals surface area contributed by atoms with E-state index in [-0.39, 0.29) is 11.8 Å². The molecule has 0 aromatic heterocycles. The zero-order valence-corrected chi connectivity index (χ0v) is 11.9. The number of hydrogen-bond acceptors (Lipinski definition) is 3. The Morgan fingerprint density at radius 3 is 2.32 bits per heavy atom. The first-order chi connectivity index (χ1) is 8.91. The van der Waals surface area contributed by atoms with Gasteiger partial charge in [0.25, 0.3) is 0 Å². The SMILES string of the molecule is CC(C)[C@H](N)C(=O)N[C@@H](CC1CCCCC1)C(=O)O. The van der Waals surface area contributed by atoms with Crippen LogP contribution in [0.1, 0.15) is 52.4 Å². The maximum atomic E-state index is 11.8. The van der Waals surface area contributed by atoms with Crippen molar-refractivity contribution in [1.82, 2.24) is 5.32 Å². The normalized spacial score (nSPS) is 20.0. The lowest BCUT2D eigenvalue weighted by Crippen LogP contribution is -2.50. The Hall–Kier alpha value is -1.10. The Morgan fingerprint density at radius 2 is 1.84 bits per heavy atom. The van der Waals surface area contributed by atoms with E-state index in [1.54, 1.807) is 0 Å². The van der Waals surface area contributed by atoms with Crippen LogP contribution in [0.4, 0.5) is 0 Å². The molecule has 0 spiro atoms. The quantitative estimate of drug-likeness (QED) is 0.682. The highest BCUT2D eigenvalue weighted by molar-refractivity contribution is 5.86. The van der Waals surface area contributed by atoms with Gasteiger partial charge in [-0.1, -0.05) is 46.0 Å². The van der Waals surface area contributed by atoms with Gasteiger partial charge in [-0.25, -0.2) is 4.79 Å². The second-order valence-electron chi connectivity index (χ2n) is 5.91. The molecule has 2 atom stereocenters. The third kappa shape index (κ3) is 5.19. The Bertz CT molecular complexity index is 312. The Labute approximate surface area is 114 Å². The van der Waals surface area contributed by atoms with Crippen LogP contribution in [0.2, 0.25) is 0 Å². The number of aliphatic carboxylic acids is 1. The van der Waals surface area contributed by atoms with Gasteiger partial charge in [0.2, 0.25) is 5.91 Å². The summed E-state index contributed by atoms with van der Waals surface area (Å²) in [7, 11) is 0. The molecule has 1 amide bonds. The lowest BCUT2D eigenvalue weighted by molar-refractivity contribution is -0.142. The van der Waals surface area contributed by atoms with Gasteiger partial charge in [-0.3, -0.25) is 4.79 Å². The van der Waals surface area contributed by atoms with Crippen LogP contribution in [0.3, 0.4) is 0 Å². The van der Waals surface area contributed by atoms with Gasteiger partial charge in [-0.05, 0) is 18.3 Å². The number of rotatable bonds is 6. The monoisotopic (exact) mass is 270 g/mol. The topological polar surface area (TPSA) is 92.4 Å². The van der Waals surface area contributed by atoms with Crippen molar-refractivity contribution in [3.63, 3.8) is 0 Å². The number of hydrogen-bond donors (Lipinski definition) is 3. The minimum Gasteiger partial charge on any atom is -0.480 e. The lowest BCUT2D eigenvalue weighted by atomic mass is 9.84. The lowest BCUT2D eigenvalue weighted by Gasteiger charge is -2.26. The van der Waals surface area contributed by atoms with Crippen molar-refractivity contribution in [1.29, 1.82) is 0 Å². The second kappa shape index (κ2) is 7.48. The van der Waals surface area contributed by atoms with E-state index in [0.29, 0.717) is 12.3 Å². The number of carbonyl (C=O) groups excluding carboxylic acids is 1. The largest absolute Gasteiger partial charge is 0.480 e. The molecule has 1 rings (SSSR count). The van der Waals surface area contributed by atoms with Crippen LogP contribution in [0.15, 0.2) is 0 Å². The molecule has 5 nitrogen and oxygen atoms in total. The number of nitrogens with one attached hydrogen (secondary N) is 1. The van der Waals surface area contributed by atoms with E-state index in [0.717, 1.165) is 25.7 Å². The van der Waals surface area contributed by atoms with E-state index in [1.165, 1.54) is 6.42 Å². The summed E-state index contributed by atoms with van der Waals surface area (Å²) in [6.45, 7) is 3.70. The summed E-state index contributed by atoms with van der Waals surface area (Å²) < 4.78 is 0. The first-order valence-corrected chi connectivity index (χ1v) is 7.20. The molecule has 0 saturated heterocycles. The Morgan fingerprint density at radius 1 is 1.26 bits per heavy atom. The fraction of sp³-hybridized carbons (Fsp3) is 0.857. The maximum absolute atomic E-state index is 11.8. The van der Waals surface area contributed by atoms with Crippen LogP contribution in [0, 0.1) is 11.8 Å². The van der Waals surface area contributed by atoms with Crippen molar-refractivity contribution in [2.24, 2.45) is 17.6 Å². The molecule has 0 aromatic carbocycles. The predicted molar refractivity (Wildman–Crippen MR) is 73.6 cm³/mol. The molecular formula is C14H26N2O3. The molecule has 1 fully saturated rings. The van der Waals surface area contributed by atoms with Crippen molar-refractivity contribution in [3.8, 4) is 0 Å². The number of nitrogens with two attached hydrogens (primary N) is 1. The van der Waals surface area contributed by atoms with Crippen LogP contribution in [-0.2, 0) is 9.59 Å². The molecule has 0 bridgehead atoms. The summed E-state index contributed by atoms with van der Waals surface area (Å²) in [6, 6.07) is -1.45. The van der Waals surface area contributed by atoms with E-state index in [1.807, 2.05) is 13.8 Å². The van der Waals surface area contributed by atoms with Gasteiger partial charge in [-0.2, -0.15) is 0 Å². The molecule has 110 valence electrons. The van der Waals surface area contributed by atoms with Gasteiger partial charge in [-0.15, -0.1) is 0 Å².